The SMILES string of the molecule is COc1cc(CN[C@@H](C)c2ccccc2)cc(Cl)c1OCc1cccs1. The second-order valence-corrected chi connectivity index (χ2v) is 7.43. The lowest BCUT2D eigenvalue weighted by molar-refractivity contribution is 0.287. The van der Waals surface area contributed by atoms with Gasteiger partial charge in [-0.05, 0) is 41.6 Å². The number of hydrogen-bond acceptors (Lipinski definition) is 4. The number of nitrogens with one attached hydrogen (secondary N) is 1. The fraction of sp³-hybridized carbons (Fsp3) is 0.238. The predicted molar refractivity (Wildman–Crippen MR) is 108 cm³/mol. The zero-order valence-electron chi connectivity index (χ0n) is 14.9. The molecule has 0 spiro atoms. The largest absolute Gasteiger partial charge is 0.493 e. The minimum absolute atomic E-state index is 0.246. The van der Waals surface area contributed by atoms with Crippen molar-refractivity contribution in [3.05, 3.63) is 81.0 Å². The summed E-state index contributed by atoms with van der Waals surface area (Å²) in [4.78, 5) is 1.14. The monoisotopic (exact) mass is 387 g/mol. The van der Waals surface area contributed by atoms with E-state index in [9.17, 15) is 0 Å². The molecule has 5 heteroatoms. The summed E-state index contributed by atoms with van der Waals surface area (Å²) in [5.74, 6) is 1.24. The first-order valence-corrected chi connectivity index (χ1v) is 9.73. The Morgan fingerprint density at radius 2 is 1.92 bits per heavy atom. The van der Waals surface area contributed by atoms with Crippen LogP contribution in [0.1, 0.15) is 29.0 Å². The first-order valence-electron chi connectivity index (χ1n) is 8.47. The van der Waals surface area contributed by atoms with Gasteiger partial charge in [0.25, 0.3) is 0 Å². The van der Waals surface area contributed by atoms with Crippen molar-refractivity contribution in [2.24, 2.45) is 0 Å². The molecule has 3 nitrogen and oxygen atoms in total. The number of hydrogen-bond donors (Lipinski definition) is 1. The van der Waals surface area contributed by atoms with Crippen LogP contribution < -0.4 is 14.8 Å². The van der Waals surface area contributed by atoms with Crippen molar-refractivity contribution in [2.45, 2.75) is 26.1 Å². The molecule has 0 unspecified atom stereocenters. The van der Waals surface area contributed by atoms with Gasteiger partial charge in [-0.2, -0.15) is 0 Å². The second-order valence-electron chi connectivity index (χ2n) is 5.99. The van der Waals surface area contributed by atoms with Crippen LogP contribution in [0.4, 0.5) is 0 Å². The molecule has 0 bridgehead atoms. The number of benzene rings is 2. The number of thiophene rings is 1. The molecule has 136 valence electrons. The van der Waals surface area contributed by atoms with Gasteiger partial charge in [0.15, 0.2) is 11.5 Å². The summed E-state index contributed by atoms with van der Waals surface area (Å²) in [6.07, 6.45) is 0. The molecule has 3 rings (SSSR count). The zero-order chi connectivity index (χ0) is 18.4. The number of ether oxygens (including phenoxy) is 2. The molecule has 1 heterocycles. The normalized spacial score (nSPS) is 12.0. The summed E-state index contributed by atoms with van der Waals surface area (Å²) >= 11 is 8.11. The van der Waals surface area contributed by atoms with Crippen LogP contribution in [0.5, 0.6) is 11.5 Å². The van der Waals surface area contributed by atoms with E-state index in [4.69, 9.17) is 21.1 Å². The molecular formula is C21H22ClNO2S. The Balaban J connectivity index is 1.67. The van der Waals surface area contributed by atoms with Gasteiger partial charge in [-0.15, -0.1) is 11.3 Å². The minimum atomic E-state index is 0.246. The van der Waals surface area contributed by atoms with Gasteiger partial charge in [-0.25, -0.2) is 0 Å². The second kappa shape index (κ2) is 9.08. The Morgan fingerprint density at radius 3 is 2.62 bits per heavy atom. The molecule has 0 aliphatic carbocycles. The van der Waals surface area contributed by atoms with Crippen LogP contribution in [0, 0.1) is 0 Å². The van der Waals surface area contributed by atoms with Crippen molar-refractivity contribution in [3.63, 3.8) is 0 Å². The topological polar surface area (TPSA) is 30.5 Å². The fourth-order valence-corrected chi connectivity index (χ4v) is 3.59. The van der Waals surface area contributed by atoms with Crippen LogP contribution in [-0.2, 0) is 13.2 Å². The summed E-state index contributed by atoms with van der Waals surface area (Å²) in [5.41, 5.74) is 2.31. The van der Waals surface area contributed by atoms with E-state index in [1.165, 1.54) is 5.56 Å². The molecule has 0 amide bonds. The highest BCUT2D eigenvalue weighted by molar-refractivity contribution is 7.09. The highest BCUT2D eigenvalue weighted by Gasteiger charge is 2.13. The average molecular weight is 388 g/mol. The Hall–Kier alpha value is -2.01. The van der Waals surface area contributed by atoms with E-state index in [0.29, 0.717) is 29.7 Å². The molecule has 3 aromatic rings. The summed E-state index contributed by atoms with van der Waals surface area (Å²) in [6, 6.07) is 18.5. The van der Waals surface area contributed by atoms with E-state index in [1.54, 1.807) is 18.4 Å². The quantitative estimate of drug-likeness (QED) is 0.526. The van der Waals surface area contributed by atoms with Crippen molar-refractivity contribution in [1.29, 1.82) is 0 Å². The van der Waals surface area contributed by atoms with Gasteiger partial charge in [0.2, 0.25) is 0 Å². The van der Waals surface area contributed by atoms with E-state index >= 15 is 0 Å². The number of halogens is 1. The van der Waals surface area contributed by atoms with E-state index < -0.39 is 0 Å². The Labute approximate surface area is 163 Å². The molecule has 0 fully saturated rings. The van der Waals surface area contributed by atoms with E-state index in [0.717, 1.165) is 10.4 Å². The summed E-state index contributed by atoms with van der Waals surface area (Å²) in [5, 5.41) is 6.10. The maximum absolute atomic E-state index is 6.46. The Bertz CT molecular complexity index is 822. The van der Waals surface area contributed by atoms with Crippen molar-refractivity contribution < 1.29 is 9.47 Å². The molecular weight excluding hydrogens is 366 g/mol. The fourth-order valence-electron chi connectivity index (χ4n) is 2.68. The van der Waals surface area contributed by atoms with Gasteiger partial charge in [-0.3, -0.25) is 0 Å². The van der Waals surface area contributed by atoms with Crippen molar-refractivity contribution in [2.75, 3.05) is 7.11 Å². The summed E-state index contributed by atoms with van der Waals surface area (Å²) in [6.45, 7) is 3.32. The first kappa shape index (κ1) is 18.8. The third-order valence-electron chi connectivity index (χ3n) is 4.14. The van der Waals surface area contributed by atoms with Crippen LogP contribution in [0.3, 0.4) is 0 Å². The molecule has 0 radical (unpaired) electrons. The molecule has 2 aromatic carbocycles. The highest BCUT2D eigenvalue weighted by Crippen LogP contribution is 2.37. The van der Waals surface area contributed by atoms with Crippen molar-refractivity contribution in [1.82, 2.24) is 5.32 Å². The van der Waals surface area contributed by atoms with Gasteiger partial charge < -0.3 is 14.8 Å². The van der Waals surface area contributed by atoms with Crippen molar-refractivity contribution >= 4 is 22.9 Å². The van der Waals surface area contributed by atoms with Gasteiger partial charge >= 0.3 is 0 Å². The Kier molecular flexibility index (Phi) is 6.56. The first-order chi connectivity index (χ1) is 12.7. The number of rotatable bonds is 8. The molecule has 0 aliphatic rings. The third kappa shape index (κ3) is 4.79. The van der Waals surface area contributed by atoms with Gasteiger partial charge in [-0.1, -0.05) is 48.0 Å². The molecule has 1 N–H and O–H groups in total. The highest BCUT2D eigenvalue weighted by atomic mass is 35.5. The van der Waals surface area contributed by atoms with E-state index in [-0.39, 0.29) is 6.04 Å². The summed E-state index contributed by atoms with van der Waals surface area (Å²) in [7, 11) is 1.63. The molecule has 1 aromatic heterocycles. The molecule has 26 heavy (non-hydrogen) atoms. The predicted octanol–water partition coefficient (Wildman–Crippen LogP) is 5.84. The van der Waals surface area contributed by atoms with Crippen LogP contribution in [0.2, 0.25) is 5.02 Å². The molecule has 0 aliphatic heterocycles. The lowest BCUT2D eigenvalue weighted by atomic mass is 10.1. The number of methoxy groups -OCH3 is 1. The molecule has 1 atom stereocenters. The van der Waals surface area contributed by atoms with E-state index in [1.807, 2.05) is 47.8 Å². The zero-order valence-corrected chi connectivity index (χ0v) is 16.4. The van der Waals surface area contributed by atoms with Gasteiger partial charge in [0.05, 0.1) is 12.1 Å². The van der Waals surface area contributed by atoms with E-state index in [2.05, 4.69) is 24.4 Å². The van der Waals surface area contributed by atoms with Crippen molar-refractivity contribution in [3.8, 4) is 11.5 Å². The molecule has 0 saturated heterocycles. The average Bonchev–Trinajstić information content (AvgIpc) is 3.19. The van der Waals surface area contributed by atoms with Gasteiger partial charge in [0, 0.05) is 17.5 Å². The smallest absolute Gasteiger partial charge is 0.180 e. The van der Waals surface area contributed by atoms with Crippen LogP contribution >= 0.6 is 22.9 Å². The third-order valence-corrected chi connectivity index (χ3v) is 5.27. The lowest BCUT2D eigenvalue weighted by Crippen LogP contribution is -2.18. The van der Waals surface area contributed by atoms with Crippen LogP contribution in [-0.4, -0.2) is 7.11 Å². The molecule has 0 saturated carbocycles. The van der Waals surface area contributed by atoms with Crippen LogP contribution in [0.25, 0.3) is 0 Å². The minimum Gasteiger partial charge on any atom is -0.493 e. The van der Waals surface area contributed by atoms with Gasteiger partial charge in [0.1, 0.15) is 6.61 Å². The maximum Gasteiger partial charge on any atom is 0.180 e. The lowest BCUT2D eigenvalue weighted by Gasteiger charge is -2.17. The summed E-state index contributed by atoms with van der Waals surface area (Å²) < 4.78 is 11.4. The maximum atomic E-state index is 6.46. The Morgan fingerprint density at radius 1 is 1.12 bits per heavy atom. The standard InChI is InChI=1S/C21H22ClNO2S/c1-15(17-7-4-3-5-8-17)23-13-16-11-19(22)21(20(12-16)24-2)25-14-18-9-6-10-26-18/h3-12,15,23H,13-14H2,1-2H3/t15-/m0/s1. The van der Waals surface area contributed by atoms with Crippen LogP contribution in [0.15, 0.2) is 60.0 Å².